The van der Waals surface area contributed by atoms with Crippen molar-refractivity contribution < 1.29 is 4.48 Å². The van der Waals surface area contributed by atoms with Crippen LogP contribution in [0.4, 0.5) is 0 Å². The summed E-state index contributed by atoms with van der Waals surface area (Å²) in [7, 11) is 6.96. The van der Waals surface area contributed by atoms with E-state index in [9.17, 15) is 0 Å². The third kappa shape index (κ3) is 18.7. The molecule has 0 saturated carbocycles. The van der Waals surface area contributed by atoms with Crippen LogP contribution in [-0.2, 0) is 0 Å². The lowest BCUT2D eigenvalue weighted by molar-refractivity contribution is -0.894. The zero-order valence-corrected chi connectivity index (χ0v) is 19.5. The number of hydrogen-bond acceptors (Lipinski definition) is 0. The number of unbranched alkanes of at least 4 members (excludes halogenated alkanes) is 17. The fourth-order valence-electron chi connectivity index (χ4n) is 3.73. The molecule has 0 aliphatic rings. The zero-order valence-electron chi connectivity index (χ0n) is 19.5. The standard InChI is InChI=1S/C25H54N/c1-6-7-8-9-10-11-12-13-14-15-16-17-18-19-20-21-22-23-24-25(2)26(3,4)5/h25H,6-24H2,1-5H3/q+1. The minimum atomic E-state index is 0.802. The zero-order chi connectivity index (χ0) is 19.5. The molecule has 0 bridgehead atoms. The van der Waals surface area contributed by atoms with Crippen molar-refractivity contribution in [3.8, 4) is 0 Å². The third-order valence-corrected chi connectivity index (χ3v) is 6.30. The van der Waals surface area contributed by atoms with E-state index >= 15 is 0 Å². The van der Waals surface area contributed by atoms with Crippen molar-refractivity contribution in [3.63, 3.8) is 0 Å². The van der Waals surface area contributed by atoms with Gasteiger partial charge < -0.3 is 4.48 Å². The van der Waals surface area contributed by atoms with Gasteiger partial charge in [-0.05, 0) is 19.8 Å². The molecule has 158 valence electrons. The van der Waals surface area contributed by atoms with Gasteiger partial charge in [0.1, 0.15) is 0 Å². The highest BCUT2D eigenvalue weighted by molar-refractivity contribution is 4.53. The third-order valence-electron chi connectivity index (χ3n) is 6.30. The van der Waals surface area contributed by atoms with Gasteiger partial charge in [-0.3, -0.25) is 0 Å². The van der Waals surface area contributed by atoms with Gasteiger partial charge in [-0.15, -0.1) is 0 Å². The van der Waals surface area contributed by atoms with Gasteiger partial charge in [-0.25, -0.2) is 0 Å². The van der Waals surface area contributed by atoms with Crippen LogP contribution in [0.2, 0.25) is 0 Å². The summed E-state index contributed by atoms with van der Waals surface area (Å²) in [6.07, 6.45) is 27.8. The molecule has 0 aliphatic carbocycles. The highest BCUT2D eigenvalue weighted by Crippen LogP contribution is 2.16. The van der Waals surface area contributed by atoms with E-state index in [1.807, 2.05) is 0 Å². The first-order valence-corrected chi connectivity index (χ1v) is 12.3. The van der Waals surface area contributed by atoms with Crippen LogP contribution in [0.3, 0.4) is 0 Å². The second-order valence-electron chi connectivity index (χ2n) is 9.76. The molecule has 0 aromatic heterocycles. The first-order chi connectivity index (χ1) is 12.5. The Morgan fingerprint density at radius 1 is 0.462 bits per heavy atom. The molecule has 0 spiro atoms. The molecule has 0 saturated heterocycles. The Kier molecular flexibility index (Phi) is 18.3. The second kappa shape index (κ2) is 18.3. The van der Waals surface area contributed by atoms with Crippen molar-refractivity contribution in [1.82, 2.24) is 0 Å². The maximum atomic E-state index is 2.40. The van der Waals surface area contributed by atoms with Gasteiger partial charge in [0.05, 0.1) is 27.2 Å². The molecule has 26 heavy (non-hydrogen) atoms. The van der Waals surface area contributed by atoms with Crippen LogP contribution in [0.25, 0.3) is 0 Å². The lowest BCUT2D eigenvalue weighted by Gasteiger charge is -2.31. The van der Waals surface area contributed by atoms with E-state index in [1.165, 1.54) is 122 Å². The monoisotopic (exact) mass is 368 g/mol. The Bertz CT molecular complexity index is 266. The molecule has 0 aromatic carbocycles. The summed E-state index contributed by atoms with van der Waals surface area (Å²) < 4.78 is 1.11. The first kappa shape index (κ1) is 26.0. The Balaban J connectivity index is 3.09. The van der Waals surface area contributed by atoms with Gasteiger partial charge in [0.25, 0.3) is 0 Å². The molecular weight excluding hydrogens is 314 g/mol. The molecule has 0 rings (SSSR count). The maximum Gasteiger partial charge on any atom is 0.0855 e. The van der Waals surface area contributed by atoms with Crippen molar-refractivity contribution in [2.24, 2.45) is 0 Å². The maximum absolute atomic E-state index is 2.40. The Labute approximate surface area is 167 Å². The van der Waals surface area contributed by atoms with Crippen LogP contribution in [0.15, 0.2) is 0 Å². The molecule has 1 atom stereocenters. The lowest BCUT2D eigenvalue weighted by atomic mass is 10.0. The van der Waals surface area contributed by atoms with Crippen LogP contribution in [0.1, 0.15) is 136 Å². The summed E-state index contributed by atoms with van der Waals surface area (Å²) in [6.45, 7) is 4.70. The van der Waals surface area contributed by atoms with Crippen molar-refractivity contribution in [1.29, 1.82) is 0 Å². The minimum Gasteiger partial charge on any atom is -0.329 e. The fourth-order valence-corrected chi connectivity index (χ4v) is 3.73. The quantitative estimate of drug-likeness (QED) is 0.149. The summed E-state index contributed by atoms with van der Waals surface area (Å²) in [5.41, 5.74) is 0. The molecule has 1 nitrogen and oxygen atoms in total. The minimum absolute atomic E-state index is 0.802. The van der Waals surface area contributed by atoms with E-state index in [4.69, 9.17) is 0 Å². The Morgan fingerprint density at radius 3 is 1.00 bits per heavy atom. The SMILES string of the molecule is CCCCCCCCCCCCCCCCCCCCC(C)[N+](C)(C)C. The summed E-state index contributed by atoms with van der Waals surface area (Å²) in [5.74, 6) is 0. The molecule has 0 N–H and O–H groups in total. The molecule has 0 amide bonds. The number of rotatable bonds is 20. The van der Waals surface area contributed by atoms with Crippen LogP contribution in [0.5, 0.6) is 0 Å². The number of nitrogens with zero attached hydrogens (tertiary/aromatic N) is 1. The second-order valence-corrected chi connectivity index (χ2v) is 9.76. The Morgan fingerprint density at radius 2 is 0.731 bits per heavy atom. The molecule has 1 unspecified atom stereocenters. The highest BCUT2D eigenvalue weighted by Gasteiger charge is 2.16. The fraction of sp³-hybridized carbons (Fsp3) is 1.00. The summed E-state index contributed by atoms with van der Waals surface area (Å²) in [5, 5.41) is 0. The topological polar surface area (TPSA) is 0 Å². The van der Waals surface area contributed by atoms with Crippen LogP contribution < -0.4 is 0 Å². The summed E-state index contributed by atoms with van der Waals surface area (Å²) >= 11 is 0. The average Bonchev–Trinajstić information content (AvgIpc) is 2.59. The molecule has 0 heterocycles. The van der Waals surface area contributed by atoms with Crippen LogP contribution in [-0.4, -0.2) is 31.7 Å². The molecule has 0 fully saturated rings. The van der Waals surface area contributed by atoms with E-state index in [0.717, 1.165) is 10.5 Å². The number of quaternary nitrogens is 1. The van der Waals surface area contributed by atoms with Gasteiger partial charge in [-0.2, -0.15) is 0 Å². The van der Waals surface area contributed by atoms with Gasteiger partial charge in [0, 0.05) is 0 Å². The van der Waals surface area contributed by atoms with Crippen molar-refractivity contribution in [2.45, 2.75) is 142 Å². The van der Waals surface area contributed by atoms with E-state index in [-0.39, 0.29) is 0 Å². The summed E-state index contributed by atoms with van der Waals surface area (Å²) in [4.78, 5) is 0. The molecule has 0 radical (unpaired) electrons. The molecule has 1 heteroatoms. The Hall–Kier alpha value is -0.0400. The van der Waals surface area contributed by atoms with Crippen LogP contribution in [0, 0.1) is 0 Å². The normalized spacial score (nSPS) is 13.3. The predicted octanol–water partition coefficient (Wildman–Crippen LogP) is 8.51. The van der Waals surface area contributed by atoms with E-state index in [1.54, 1.807) is 0 Å². The average molecular weight is 369 g/mol. The van der Waals surface area contributed by atoms with E-state index in [2.05, 4.69) is 35.0 Å². The first-order valence-electron chi connectivity index (χ1n) is 12.3. The number of hydrogen-bond donors (Lipinski definition) is 0. The van der Waals surface area contributed by atoms with E-state index < -0.39 is 0 Å². The van der Waals surface area contributed by atoms with Gasteiger partial charge in [0.2, 0.25) is 0 Å². The van der Waals surface area contributed by atoms with Crippen molar-refractivity contribution >= 4 is 0 Å². The molecule has 0 aromatic rings. The largest absolute Gasteiger partial charge is 0.329 e. The van der Waals surface area contributed by atoms with Gasteiger partial charge in [-0.1, -0.05) is 116 Å². The predicted molar refractivity (Wildman–Crippen MR) is 121 cm³/mol. The molecular formula is C25H54N+. The van der Waals surface area contributed by atoms with E-state index in [0.29, 0.717) is 0 Å². The van der Waals surface area contributed by atoms with Gasteiger partial charge >= 0.3 is 0 Å². The lowest BCUT2D eigenvalue weighted by Crippen LogP contribution is -2.43. The van der Waals surface area contributed by atoms with Crippen molar-refractivity contribution in [2.75, 3.05) is 21.1 Å². The smallest absolute Gasteiger partial charge is 0.0855 e. The summed E-state index contributed by atoms with van der Waals surface area (Å²) in [6, 6.07) is 0.802. The van der Waals surface area contributed by atoms with Crippen LogP contribution >= 0.6 is 0 Å². The van der Waals surface area contributed by atoms with Gasteiger partial charge in [0.15, 0.2) is 0 Å². The molecule has 0 aliphatic heterocycles. The highest BCUT2D eigenvalue weighted by atomic mass is 15.3. The van der Waals surface area contributed by atoms with Crippen molar-refractivity contribution in [3.05, 3.63) is 0 Å².